The lowest BCUT2D eigenvalue weighted by Gasteiger charge is -2.14. The molecule has 0 N–H and O–H groups in total. The summed E-state index contributed by atoms with van der Waals surface area (Å²) < 4.78 is 10.2. The van der Waals surface area contributed by atoms with Crippen molar-refractivity contribution in [2.75, 3.05) is 26.8 Å². The number of likely N-dealkylation sites (N-methyl/N-ethyl adjacent to an activating group) is 1. The van der Waals surface area contributed by atoms with Gasteiger partial charge in [-0.15, -0.1) is 0 Å². The number of aryl methyl sites for hydroxylation is 1. The molecule has 0 atom stereocenters. The summed E-state index contributed by atoms with van der Waals surface area (Å²) in [5, 5.41) is 3.93. The Hall–Kier alpha value is -0.870. The first-order valence-electron chi connectivity index (χ1n) is 4.91. The van der Waals surface area contributed by atoms with Gasteiger partial charge in [-0.2, -0.15) is 0 Å². The van der Waals surface area contributed by atoms with Gasteiger partial charge in [-0.05, 0) is 20.9 Å². The summed E-state index contributed by atoms with van der Waals surface area (Å²) in [5.74, 6) is 0.859. The first-order chi connectivity index (χ1) is 6.72. The van der Waals surface area contributed by atoms with E-state index in [1.165, 1.54) is 0 Å². The minimum Gasteiger partial charge on any atom is -0.380 e. The van der Waals surface area contributed by atoms with E-state index in [0.717, 1.165) is 37.8 Å². The average molecular weight is 198 g/mol. The van der Waals surface area contributed by atoms with E-state index in [2.05, 4.69) is 10.1 Å². The molecule has 0 saturated heterocycles. The minimum atomic E-state index is 0.768. The molecule has 0 radical (unpaired) electrons. The van der Waals surface area contributed by atoms with E-state index in [4.69, 9.17) is 9.26 Å². The number of hydrogen-bond donors (Lipinski definition) is 0. The standard InChI is InChI=1S/C10H18N2O2/c1-4-13-6-5-12(3)8-10-7-9(2)14-11-10/h7H,4-6,8H2,1-3H3. The molecule has 14 heavy (non-hydrogen) atoms. The Morgan fingerprint density at radius 2 is 2.36 bits per heavy atom. The van der Waals surface area contributed by atoms with E-state index >= 15 is 0 Å². The lowest BCUT2D eigenvalue weighted by molar-refractivity contribution is 0.119. The predicted octanol–water partition coefficient (Wildman–Crippen LogP) is 1.45. The first kappa shape index (κ1) is 11.2. The fourth-order valence-corrected chi connectivity index (χ4v) is 1.21. The van der Waals surface area contributed by atoms with E-state index in [1.807, 2.05) is 27.0 Å². The predicted molar refractivity (Wildman–Crippen MR) is 54.1 cm³/mol. The van der Waals surface area contributed by atoms with E-state index in [-0.39, 0.29) is 0 Å². The van der Waals surface area contributed by atoms with Crippen molar-refractivity contribution in [2.24, 2.45) is 0 Å². The Morgan fingerprint density at radius 1 is 1.57 bits per heavy atom. The van der Waals surface area contributed by atoms with Crippen molar-refractivity contribution < 1.29 is 9.26 Å². The molecule has 1 aromatic rings. The van der Waals surface area contributed by atoms with Crippen LogP contribution in [0, 0.1) is 6.92 Å². The third-order valence-corrected chi connectivity index (χ3v) is 1.93. The summed E-state index contributed by atoms with van der Waals surface area (Å²) >= 11 is 0. The Labute approximate surface area is 84.8 Å². The molecule has 0 aliphatic carbocycles. The second-order valence-corrected chi connectivity index (χ2v) is 3.36. The fraction of sp³-hybridized carbons (Fsp3) is 0.700. The molecule has 0 aromatic carbocycles. The number of rotatable bonds is 6. The third kappa shape index (κ3) is 3.89. The maximum atomic E-state index is 5.26. The Kier molecular flexibility index (Phi) is 4.62. The molecule has 0 aliphatic rings. The van der Waals surface area contributed by atoms with Crippen LogP contribution in [0.5, 0.6) is 0 Å². The molecule has 1 rings (SSSR count). The van der Waals surface area contributed by atoms with Crippen LogP contribution >= 0.6 is 0 Å². The highest BCUT2D eigenvalue weighted by Gasteiger charge is 2.04. The third-order valence-electron chi connectivity index (χ3n) is 1.93. The second-order valence-electron chi connectivity index (χ2n) is 3.36. The molecule has 0 unspecified atom stereocenters. The summed E-state index contributed by atoms with van der Waals surface area (Å²) in [6, 6.07) is 1.96. The molecule has 0 amide bonds. The van der Waals surface area contributed by atoms with Gasteiger partial charge < -0.3 is 9.26 Å². The summed E-state index contributed by atoms with van der Waals surface area (Å²) in [6.07, 6.45) is 0. The second kappa shape index (κ2) is 5.78. The highest BCUT2D eigenvalue weighted by molar-refractivity contribution is 5.02. The first-order valence-corrected chi connectivity index (χ1v) is 4.91. The van der Waals surface area contributed by atoms with Gasteiger partial charge in [-0.3, -0.25) is 4.90 Å². The zero-order valence-corrected chi connectivity index (χ0v) is 9.12. The smallest absolute Gasteiger partial charge is 0.133 e. The molecule has 0 bridgehead atoms. The Bertz CT molecular complexity index is 260. The van der Waals surface area contributed by atoms with E-state index in [9.17, 15) is 0 Å². The summed E-state index contributed by atoms with van der Waals surface area (Å²) in [5.41, 5.74) is 0.974. The van der Waals surface area contributed by atoms with Crippen LogP contribution in [0.2, 0.25) is 0 Å². The van der Waals surface area contributed by atoms with Crippen LogP contribution in [-0.4, -0.2) is 36.9 Å². The van der Waals surface area contributed by atoms with Gasteiger partial charge in [0.1, 0.15) is 5.76 Å². The van der Waals surface area contributed by atoms with Crippen molar-refractivity contribution >= 4 is 0 Å². The normalized spacial score (nSPS) is 11.1. The molecule has 0 saturated carbocycles. The number of ether oxygens (including phenoxy) is 1. The molecule has 0 spiro atoms. The van der Waals surface area contributed by atoms with Gasteiger partial charge in [0, 0.05) is 25.8 Å². The Morgan fingerprint density at radius 3 is 2.93 bits per heavy atom. The topological polar surface area (TPSA) is 38.5 Å². The summed E-state index contributed by atoms with van der Waals surface area (Å²) in [6.45, 7) is 7.17. The average Bonchev–Trinajstić information content (AvgIpc) is 2.52. The van der Waals surface area contributed by atoms with E-state index < -0.39 is 0 Å². The number of nitrogens with zero attached hydrogens (tertiary/aromatic N) is 2. The van der Waals surface area contributed by atoms with Crippen molar-refractivity contribution in [3.8, 4) is 0 Å². The lowest BCUT2D eigenvalue weighted by Crippen LogP contribution is -2.22. The fourth-order valence-electron chi connectivity index (χ4n) is 1.21. The maximum Gasteiger partial charge on any atom is 0.133 e. The van der Waals surface area contributed by atoms with Crippen molar-refractivity contribution in [1.29, 1.82) is 0 Å². The van der Waals surface area contributed by atoms with Crippen LogP contribution in [0.4, 0.5) is 0 Å². The summed E-state index contributed by atoms with van der Waals surface area (Å²) in [4.78, 5) is 2.16. The molecule has 1 aromatic heterocycles. The van der Waals surface area contributed by atoms with Gasteiger partial charge in [-0.1, -0.05) is 5.16 Å². The van der Waals surface area contributed by atoms with Crippen molar-refractivity contribution in [3.05, 3.63) is 17.5 Å². The van der Waals surface area contributed by atoms with Gasteiger partial charge in [0.05, 0.1) is 12.3 Å². The van der Waals surface area contributed by atoms with Gasteiger partial charge >= 0.3 is 0 Å². The molecule has 0 aliphatic heterocycles. The monoisotopic (exact) mass is 198 g/mol. The van der Waals surface area contributed by atoms with Crippen LogP contribution in [0.3, 0.4) is 0 Å². The molecular formula is C10H18N2O2. The molecule has 1 heterocycles. The van der Waals surface area contributed by atoms with Crippen molar-refractivity contribution in [1.82, 2.24) is 10.1 Å². The van der Waals surface area contributed by atoms with Crippen LogP contribution in [0.15, 0.2) is 10.6 Å². The van der Waals surface area contributed by atoms with Crippen LogP contribution < -0.4 is 0 Å². The SMILES string of the molecule is CCOCCN(C)Cc1cc(C)on1. The molecular weight excluding hydrogens is 180 g/mol. The summed E-state index contributed by atoms with van der Waals surface area (Å²) in [7, 11) is 2.04. The quantitative estimate of drug-likeness (QED) is 0.648. The van der Waals surface area contributed by atoms with Crippen LogP contribution in [0.1, 0.15) is 18.4 Å². The van der Waals surface area contributed by atoms with E-state index in [1.54, 1.807) is 0 Å². The Balaban J connectivity index is 2.23. The largest absolute Gasteiger partial charge is 0.380 e. The highest BCUT2D eigenvalue weighted by Crippen LogP contribution is 2.03. The van der Waals surface area contributed by atoms with Crippen LogP contribution in [-0.2, 0) is 11.3 Å². The molecule has 0 fully saturated rings. The molecule has 4 nitrogen and oxygen atoms in total. The number of hydrogen-bond acceptors (Lipinski definition) is 4. The van der Waals surface area contributed by atoms with Gasteiger partial charge in [-0.25, -0.2) is 0 Å². The van der Waals surface area contributed by atoms with E-state index in [0.29, 0.717) is 0 Å². The highest BCUT2D eigenvalue weighted by atomic mass is 16.5. The van der Waals surface area contributed by atoms with Gasteiger partial charge in [0.25, 0.3) is 0 Å². The molecule has 80 valence electrons. The zero-order valence-electron chi connectivity index (χ0n) is 9.12. The van der Waals surface area contributed by atoms with Gasteiger partial charge in [0.15, 0.2) is 0 Å². The molecule has 4 heteroatoms. The zero-order chi connectivity index (χ0) is 10.4. The minimum absolute atomic E-state index is 0.768. The lowest BCUT2D eigenvalue weighted by atomic mass is 10.3. The van der Waals surface area contributed by atoms with Crippen molar-refractivity contribution in [3.63, 3.8) is 0 Å². The maximum absolute atomic E-state index is 5.26. The van der Waals surface area contributed by atoms with Gasteiger partial charge in [0.2, 0.25) is 0 Å². The number of aromatic nitrogens is 1. The van der Waals surface area contributed by atoms with Crippen molar-refractivity contribution in [2.45, 2.75) is 20.4 Å². The van der Waals surface area contributed by atoms with Crippen LogP contribution in [0.25, 0.3) is 0 Å².